The summed E-state index contributed by atoms with van der Waals surface area (Å²) in [5, 5.41) is 10.9. The summed E-state index contributed by atoms with van der Waals surface area (Å²) in [6.07, 6.45) is 6.49. The molecule has 3 aliphatic carbocycles. The van der Waals surface area contributed by atoms with E-state index in [1.54, 1.807) is 0 Å². The van der Waals surface area contributed by atoms with Crippen LogP contribution in [0.15, 0.2) is 0 Å². The molecule has 3 aliphatic rings. The fourth-order valence-corrected chi connectivity index (χ4v) is 6.08. The Bertz CT molecular complexity index is 321. The maximum atomic E-state index is 10.9. The first-order valence-electron chi connectivity index (χ1n) is 7.02. The molecule has 0 aromatic rings. The molecule has 3 fully saturated rings. The predicted molar refractivity (Wildman–Crippen MR) is 66.1 cm³/mol. The van der Waals surface area contributed by atoms with E-state index in [1.165, 1.54) is 32.1 Å². The number of aliphatic hydroxyl groups excluding tert-OH is 1. The van der Waals surface area contributed by atoms with E-state index in [4.69, 9.17) is 0 Å². The van der Waals surface area contributed by atoms with Gasteiger partial charge in [0.05, 0.1) is 6.10 Å². The fraction of sp³-hybridized carbons (Fsp3) is 1.00. The second-order valence-electron chi connectivity index (χ2n) is 7.83. The Hall–Kier alpha value is -0.0400. The van der Waals surface area contributed by atoms with Crippen molar-refractivity contribution in [3.8, 4) is 0 Å². The van der Waals surface area contributed by atoms with Crippen LogP contribution < -0.4 is 0 Å². The van der Waals surface area contributed by atoms with E-state index in [1.807, 2.05) is 0 Å². The standard InChI is InChI=1S/C15H26O/c1-10-5-8-15-11(10)6-7-14(15,4)9-13(2,3)12(15)16/h10-12,16H,5-9H2,1-4H3/t10-,11?,12-,14+,15-/m1/s1. The number of hydrogen-bond donors (Lipinski definition) is 1. The van der Waals surface area contributed by atoms with Crippen LogP contribution in [0.3, 0.4) is 0 Å². The van der Waals surface area contributed by atoms with Crippen molar-refractivity contribution in [3.05, 3.63) is 0 Å². The molecular formula is C15H26O. The summed E-state index contributed by atoms with van der Waals surface area (Å²) in [5.74, 6) is 1.64. The SMILES string of the molecule is C[C@@H]1CC[C@]23C1CC[C@@]2(C)CC(C)(C)[C@H]3O. The third-order valence-electron chi connectivity index (χ3n) is 6.57. The Morgan fingerprint density at radius 1 is 1.06 bits per heavy atom. The van der Waals surface area contributed by atoms with Gasteiger partial charge in [0.15, 0.2) is 0 Å². The average Bonchev–Trinajstić information content (AvgIpc) is 2.68. The lowest BCUT2D eigenvalue weighted by Gasteiger charge is -2.42. The van der Waals surface area contributed by atoms with E-state index in [0.29, 0.717) is 5.41 Å². The second kappa shape index (κ2) is 2.85. The zero-order valence-electron chi connectivity index (χ0n) is 11.2. The molecule has 1 N–H and O–H groups in total. The van der Waals surface area contributed by atoms with Gasteiger partial charge in [0.25, 0.3) is 0 Å². The summed E-state index contributed by atoms with van der Waals surface area (Å²) < 4.78 is 0. The molecule has 5 atom stereocenters. The van der Waals surface area contributed by atoms with E-state index in [0.717, 1.165) is 11.8 Å². The molecule has 0 aliphatic heterocycles. The van der Waals surface area contributed by atoms with Crippen LogP contribution in [0.1, 0.15) is 59.8 Å². The minimum atomic E-state index is -0.0672. The Morgan fingerprint density at radius 3 is 2.44 bits per heavy atom. The Balaban J connectivity index is 2.10. The first-order valence-corrected chi connectivity index (χ1v) is 7.02. The smallest absolute Gasteiger partial charge is 0.0655 e. The summed E-state index contributed by atoms with van der Waals surface area (Å²) in [4.78, 5) is 0. The van der Waals surface area contributed by atoms with Gasteiger partial charge in [-0.05, 0) is 54.8 Å². The molecule has 1 unspecified atom stereocenters. The Morgan fingerprint density at radius 2 is 1.75 bits per heavy atom. The van der Waals surface area contributed by atoms with Gasteiger partial charge in [-0.25, -0.2) is 0 Å². The normalized spacial score (nSPS) is 58.7. The lowest BCUT2D eigenvalue weighted by molar-refractivity contribution is -0.0497. The number of hydrogen-bond acceptors (Lipinski definition) is 1. The van der Waals surface area contributed by atoms with Crippen molar-refractivity contribution < 1.29 is 5.11 Å². The third kappa shape index (κ3) is 0.978. The molecule has 3 saturated carbocycles. The van der Waals surface area contributed by atoms with Crippen molar-refractivity contribution in [2.45, 2.75) is 65.9 Å². The molecule has 0 saturated heterocycles. The van der Waals surface area contributed by atoms with E-state index >= 15 is 0 Å². The van der Waals surface area contributed by atoms with Gasteiger partial charge in [0.1, 0.15) is 0 Å². The van der Waals surface area contributed by atoms with Gasteiger partial charge >= 0.3 is 0 Å². The first kappa shape index (κ1) is 11.1. The summed E-state index contributed by atoms with van der Waals surface area (Å²) in [7, 11) is 0. The highest BCUT2D eigenvalue weighted by atomic mass is 16.3. The average molecular weight is 222 g/mol. The lowest BCUT2D eigenvalue weighted by atomic mass is 9.64. The van der Waals surface area contributed by atoms with Crippen LogP contribution in [0.2, 0.25) is 0 Å². The molecule has 3 rings (SSSR count). The molecular weight excluding hydrogens is 196 g/mol. The minimum Gasteiger partial charge on any atom is -0.392 e. The van der Waals surface area contributed by atoms with Gasteiger partial charge in [-0.1, -0.05) is 27.7 Å². The summed E-state index contributed by atoms with van der Waals surface area (Å²) in [6.45, 7) is 9.41. The van der Waals surface area contributed by atoms with Crippen LogP contribution >= 0.6 is 0 Å². The van der Waals surface area contributed by atoms with Gasteiger partial charge in [-0.3, -0.25) is 0 Å². The third-order valence-corrected chi connectivity index (χ3v) is 6.57. The number of aliphatic hydroxyl groups is 1. The first-order chi connectivity index (χ1) is 7.33. The van der Waals surface area contributed by atoms with E-state index < -0.39 is 0 Å². The van der Waals surface area contributed by atoms with Crippen LogP contribution in [0.25, 0.3) is 0 Å². The van der Waals surface area contributed by atoms with Crippen molar-refractivity contribution in [1.82, 2.24) is 0 Å². The molecule has 0 bridgehead atoms. The van der Waals surface area contributed by atoms with Crippen molar-refractivity contribution in [2.24, 2.45) is 28.1 Å². The monoisotopic (exact) mass is 222 g/mol. The van der Waals surface area contributed by atoms with Crippen molar-refractivity contribution in [2.75, 3.05) is 0 Å². The van der Waals surface area contributed by atoms with Crippen LogP contribution in [0, 0.1) is 28.1 Å². The summed E-state index contributed by atoms with van der Waals surface area (Å²) in [5.41, 5.74) is 0.832. The molecule has 16 heavy (non-hydrogen) atoms. The van der Waals surface area contributed by atoms with Crippen LogP contribution in [0.4, 0.5) is 0 Å². The molecule has 0 amide bonds. The number of rotatable bonds is 0. The molecule has 92 valence electrons. The molecule has 1 nitrogen and oxygen atoms in total. The van der Waals surface area contributed by atoms with Crippen molar-refractivity contribution in [1.29, 1.82) is 0 Å². The van der Waals surface area contributed by atoms with Crippen LogP contribution in [-0.2, 0) is 0 Å². The van der Waals surface area contributed by atoms with Gasteiger partial charge in [0.2, 0.25) is 0 Å². The molecule has 0 aromatic heterocycles. The topological polar surface area (TPSA) is 20.2 Å². The van der Waals surface area contributed by atoms with E-state index in [-0.39, 0.29) is 16.9 Å². The van der Waals surface area contributed by atoms with E-state index in [2.05, 4.69) is 27.7 Å². The van der Waals surface area contributed by atoms with E-state index in [9.17, 15) is 5.11 Å². The van der Waals surface area contributed by atoms with Crippen LogP contribution in [-0.4, -0.2) is 11.2 Å². The molecule has 0 aromatic carbocycles. The van der Waals surface area contributed by atoms with Gasteiger partial charge in [0, 0.05) is 5.41 Å². The quantitative estimate of drug-likeness (QED) is 0.664. The van der Waals surface area contributed by atoms with Gasteiger partial charge in [-0.15, -0.1) is 0 Å². The molecule has 0 heterocycles. The highest BCUT2D eigenvalue weighted by molar-refractivity contribution is 5.20. The highest BCUT2D eigenvalue weighted by Crippen LogP contribution is 2.75. The second-order valence-corrected chi connectivity index (χ2v) is 7.83. The van der Waals surface area contributed by atoms with Crippen LogP contribution in [0.5, 0.6) is 0 Å². The highest BCUT2D eigenvalue weighted by Gasteiger charge is 2.71. The molecule has 1 spiro atoms. The maximum Gasteiger partial charge on any atom is 0.0655 e. The Labute approximate surface area is 99.6 Å². The predicted octanol–water partition coefficient (Wildman–Crippen LogP) is 3.61. The fourth-order valence-electron chi connectivity index (χ4n) is 6.08. The molecule has 0 radical (unpaired) electrons. The van der Waals surface area contributed by atoms with Gasteiger partial charge in [-0.2, -0.15) is 0 Å². The zero-order chi connectivity index (χ0) is 11.8. The Kier molecular flexibility index (Phi) is 1.98. The minimum absolute atomic E-state index is 0.0672. The molecule has 1 heteroatoms. The van der Waals surface area contributed by atoms with Gasteiger partial charge < -0.3 is 5.11 Å². The summed E-state index contributed by atoms with van der Waals surface area (Å²) >= 11 is 0. The summed E-state index contributed by atoms with van der Waals surface area (Å²) in [6, 6.07) is 0. The van der Waals surface area contributed by atoms with Crippen molar-refractivity contribution in [3.63, 3.8) is 0 Å². The van der Waals surface area contributed by atoms with Crippen molar-refractivity contribution >= 4 is 0 Å². The zero-order valence-corrected chi connectivity index (χ0v) is 11.2. The largest absolute Gasteiger partial charge is 0.392 e. The maximum absolute atomic E-state index is 10.9. The lowest BCUT2D eigenvalue weighted by Crippen LogP contribution is -2.43.